The third-order valence-corrected chi connectivity index (χ3v) is 2.01. The van der Waals surface area contributed by atoms with E-state index in [1.165, 1.54) is 51.4 Å². The van der Waals surface area contributed by atoms with E-state index < -0.39 is 0 Å². The first-order valence-electron chi connectivity index (χ1n) is 6.03. The molecule has 0 aromatic heterocycles. The van der Waals surface area contributed by atoms with Crippen LogP contribution in [0.4, 0.5) is 0 Å². The molecule has 0 rings (SSSR count). The van der Waals surface area contributed by atoms with Crippen molar-refractivity contribution < 1.29 is 0 Å². The second-order valence-corrected chi connectivity index (χ2v) is 3.56. The molecular weight excluding hydrogens is 158 g/mol. The van der Waals surface area contributed by atoms with Gasteiger partial charge in [0.2, 0.25) is 0 Å². The monoisotopic (exact) mass is 187 g/mol. The Balaban J connectivity index is 0. The van der Waals surface area contributed by atoms with Gasteiger partial charge in [-0.1, -0.05) is 65.7 Å². The molecule has 13 heavy (non-hydrogen) atoms. The van der Waals surface area contributed by atoms with Crippen LogP contribution < -0.4 is 5.73 Å². The van der Waals surface area contributed by atoms with E-state index in [-0.39, 0.29) is 0 Å². The lowest BCUT2D eigenvalue weighted by Gasteiger charge is -1.90. The van der Waals surface area contributed by atoms with E-state index in [0.29, 0.717) is 0 Å². The summed E-state index contributed by atoms with van der Waals surface area (Å²) in [6.45, 7) is 7.53. The van der Waals surface area contributed by atoms with Gasteiger partial charge in [0, 0.05) is 0 Å². The lowest BCUT2D eigenvalue weighted by Crippen LogP contribution is -1.97. The Morgan fingerprint density at radius 3 is 1.31 bits per heavy atom. The lowest BCUT2D eigenvalue weighted by atomic mass is 10.2. The minimum absolute atomic E-state index is 0.861. The van der Waals surface area contributed by atoms with Crippen LogP contribution in [0.3, 0.4) is 0 Å². The molecule has 0 aromatic carbocycles. The van der Waals surface area contributed by atoms with E-state index in [4.69, 9.17) is 5.73 Å². The third-order valence-electron chi connectivity index (χ3n) is 2.01. The van der Waals surface area contributed by atoms with Gasteiger partial charge in [0.1, 0.15) is 0 Å². The van der Waals surface area contributed by atoms with E-state index in [1.54, 1.807) is 0 Å². The van der Waals surface area contributed by atoms with Gasteiger partial charge in [-0.2, -0.15) is 0 Å². The standard InChI is InChI=1S/C6H15N.C6H14/c1-2-3-4-5-6-7;1-3-5-6-4-2/h2-7H2,1H3;3-6H2,1-2H3. The average molecular weight is 187 g/mol. The van der Waals surface area contributed by atoms with Crippen LogP contribution in [0.25, 0.3) is 0 Å². The fraction of sp³-hybridized carbons (Fsp3) is 1.00. The van der Waals surface area contributed by atoms with Gasteiger partial charge in [0.25, 0.3) is 0 Å². The molecule has 0 saturated heterocycles. The van der Waals surface area contributed by atoms with Crippen LogP contribution in [-0.4, -0.2) is 6.54 Å². The summed E-state index contributed by atoms with van der Waals surface area (Å²) in [6, 6.07) is 0. The van der Waals surface area contributed by atoms with Gasteiger partial charge in [0.15, 0.2) is 0 Å². The molecule has 0 radical (unpaired) electrons. The minimum atomic E-state index is 0.861. The molecule has 1 heteroatoms. The van der Waals surface area contributed by atoms with Crippen molar-refractivity contribution in [2.24, 2.45) is 5.73 Å². The van der Waals surface area contributed by atoms with Crippen LogP contribution in [-0.2, 0) is 0 Å². The van der Waals surface area contributed by atoms with Crippen molar-refractivity contribution >= 4 is 0 Å². The Bertz CT molecular complexity index is 54.1. The summed E-state index contributed by atoms with van der Waals surface area (Å²) >= 11 is 0. The quantitative estimate of drug-likeness (QED) is 0.596. The molecule has 0 aromatic rings. The molecule has 0 unspecified atom stereocenters. The summed E-state index contributed by atoms with van der Waals surface area (Å²) in [6.07, 6.45) is 10.7. The SMILES string of the molecule is CCCCCC.CCCCCCN. The minimum Gasteiger partial charge on any atom is -0.330 e. The Morgan fingerprint density at radius 2 is 1.00 bits per heavy atom. The van der Waals surface area contributed by atoms with Gasteiger partial charge < -0.3 is 5.73 Å². The molecule has 0 amide bonds. The summed E-state index contributed by atoms with van der Waals surface area (Å²) < 4.78 is 0. The Labute approximate surface area is 85.1 Å². The molecule has 0 aliphatic carbocycles. The van der Waals surface area contributed by atoms with Gasteiger partial charge in [-0.05, 0) is 13.0 Å². The molecule has 0 atom stereocenters. The van der Waals surface area contributed by atoms with Crippen molar-refractivity contribution in [1.29, 1.82) is 0 Å². The normalized spacial score (nSPS) is 9.23. The molecule has 0 aliphatic rings. The summed E-state index contributed by atoms with van der Waals surface area (Å²) in [5, 5.41) is 0. The van der Waals surface area contributed by atoms with E-state index in [0.717, 1.165) is 6.54 Å². The highest BCUT2D eigenvalue weighted by Gasteiger charge is 1.80. The van der Waals surface area contributed by atoms with Gasteiger partial charge >= 0.3 is 0 Å². The number of hydrogen-bond donors (Lipinski definition) is 1. The molecule has 0 heterocycles. The van der Waals surface area contributed by atoms with Gasteiger partial charge in [-0.15, -0.1) is 0 Å². The maximum atomic E-state index is 5.27. The van der Waals surface area contributed by atoms with Crippen molar-refractivity contribution in [1.82, 2.24) is 0 Å². The molecule has 0 saturated carbocycles. The Hall–Kier alpha value is -0.0400. The van der Waals surface area contributed by atoms with Gasteiger partial charge in [0.05, 0.1) is 0 Å². The van der Waals surface area contributed by atoms with E-state index in [9.17, 15) is 0 Å². The lowest BCUT2D eigenvalue weighted by molar-refractivity contribution is 0.674. The molecule has 0 spiro atoms. The highest BCUT2D eigenvalue weighted by atomic mass is 14.5. The van der Waals surface area contributed by atoms with Crippen LogP contribution >= 0.6 is 0 Å². The molecular formula is C12H29N. The second kappa shape index (κ2) is 17.9. The summed E-state index contributed by atoms with van der Waals surface area (Å²) in [5.74, 6) is 0. The van der Waals surface area contributed by atoms with Crippen LogP contribution in [0, 0.1) is 0 Å². The molecule has 0 bridgehead atoms. The van der Waals surface area contributed by atoms with Crippen LogP contribution in [0.5, 0.6) is 0 Å². The second-order valence-electron chi connectivity index (χ2n) is 3.56. The average Bonchev–Trinajstić information content (AvgIpc) is 2.17. The number of rotatable bonds is 7. The van der Waals surface area contributed by atoms with E-state index >= 15 is 0 Å². The van der Waals surface area contributed by atoms with Crippen molar-refractivity contribution in [3.8, 4) is 0 Å². The fourth-order valence-electron chi connectivity index (χ4n) is 1.07. The molecule has 1 nitrogen and oxygen atoms in total. The molecule has 2 N–H and O–H groups in total. The number of hydrogen-bond acceptors (Lipinski definition) is 1. The highest BCUT2D eigenvalue weighted by molar-refractivity contribution is 4.38. The predicted octanol–water partition coefficient (Wildman–Crippen LogP) is 4.11. The summed E-state index contributed by atoms with van der Waals surface area (Å²) in [7, 11) is 0. The van der Waals surface area contributed by atoms with Gasteiger partial charge in [-0.3, -0.25) is 0 Å². The zero-order valence-electron chi connectivity index (χ0n) is 9.94. The third kappa shape index (κ3) is 24.5. The molecule has 0 aliphatic heterocycles. The van der Waals surface area contributed by atoms with Crippen molar-refractivity contribution in [2.75, 3.05) is 6.54 Å². The predicted molar refractivity (Wildman–Crippen MR) is 63.0 cm³/mol. The van der Waals surface area contributed by atoms with Crippen molar-refractivity contribution in [2.45, 2.75) is 72.1 Å². The first-order chi connectivity index (χ1) is 6.33. The zero-order chi connectivity index (χ0) is 10.4. The Morgan fingerprint density at radius 1 is 0.615 bits per heavy atom. The largest absolute Gasteiger partial charge is 0.330 e. The number of nitrogens with two attached hydrogens (primary N) is 1. The molecule has 0 fully saturated rings. The van der Waals surface area contributed by atoms with E-state index in [1.807, 2.05) is 0 Å². The molecule has 82 valence electrons. The first kappa shape index (κ1) is 15.4. The summed E-state index contributed by atoms with van der Waals surface area (Å²) in [4.78, 5) is 0. The van der Waals surface area contributed by atoms with E-state index in [2.05, 4.69) is 20.8 Å². The fourth-order valence-corrected chi connectivity index (χ4v) is 1.07. The maximum absolute atomic E-state index is 5.27. The van der Waals surface area contributed by atoms with Crippen molar-refractivity contribution in [3.63, 3.8) is 0 Å². The number of unbranched alkanes of at least 4 members (excludes halogenated alkanes) is 6. The zero-order valence-corrected chi connectivity index (χ0v) is 9.94. The van der Waals surface area contributed by atoms with Gasteiger partial charge in [-0.25, -0.2) is 0 Å². The Kier molecular flexibility index (Phi) is 21.2. The van der Waals surface area contributed by atoms with Crippen LogP contribution in [0.2, 0.25) is 0 Å². The van der Waals surface area contributed by atoms with Crippen molar-refractivity contribution in [3.05, 3.63) is 0 Å². The van der Waals surface area contributed by atoms with Crippen LogP contribution in [0.15, 0.2) is 0 Å². The maximum Gasteiger partial charge on any atom is -0.00773 e. The van der Waals surface area contributed by atoms with Crippen LogP contribution in [0.1, 0.15) is 72.1 Å². The smallest absolute Gasteiger partial charge is 0.00773 e. The summed E-state index contributed by atoms with van der Waals surface area (Å²) in [5.41, 5.74) is 5.27. The first-order valence-corrected chi connectivity index (χ1v) is 6.03. The highest BCUT2D eigenvalue weighted by Crippen LogP contribution is 1.95. The topological polar surface area (TPSA) is 26.0 Å².